The highest BCUT2D eigenvalue weighted by Gasteiger charge is 2.47. The van der Waals surface area contributed by atoms with Crippen molar-refractivity contribution >= 4 is 11.9 Å². The molecule has 4 nitrogen and oxygen atoms in total. The first-order chi connectivity index (χ1) is 14.1. The lowest BCUT2D eigenvalue weighted by molar-refractivity contribution is -0.152. The molecular formula is C26H44O4. The van der Waals surface area contributed by atoms with Gasteiger partial charge in [0.25, 0.3) is 0 Å². The van der Waals surface area contributed by atoms with Crippen molar-refractivity contribution in [1.29, 1.82) is 0 Å². The van der Waals surface area contributed by atoms with E-state index in [2.05, 4.69) is 18.2 Å². The molecule has 0 saturated heterocycles. The highest BCUT2D eigenvalue weighted by atomic mass is 16.5. The van der Waals surface area contributed by atoms with Crippen LogP contribution in [0.2, 0.25) is 0 Å². The van der Waals surface area contributed by atoms with Crippen LogP contribution in [0.3, 0.4) is 0 Å². The Morgan fingerprint density at radius 3 is 1.73 bits per heavy atom. The van der Waals surface area contributed by atoms with E-state index in [0.29, 0.717) is 5.57 Å². The smallest absolute Gasteiger partial charge is 0.332 e. The average Bonchev–Trinajstić information content (AvgIpc) is 3.52. The summed E-state index contributed by atoms with van der Waals surface area (Å²) in [5.74, 6) is 5.31. The Balaban J connectivity index is 0.000000188. The van der Waals surface area contributed by atoms with Crippen LogP contribution < -0.4 is 0 Å². The predicted octanol–water partition coefficient (Wildman–Crippen LogP) is 6.19. The number of rotatable bonds is 4. The number of carbonyl (C=O) groups excluding carboxylic acids is 2. The Bertz CT molecular complexity index is 588. The van der Waals surface area contributed by atoms with Gasteiger partial charge in [0.15, 0.2) is 0 Å². The second-order valence-corrected chi connectivity index (χ2v) is 10.8. The number of carbonyl (C=O) groups is 2. The summed E-state index contributed by atoms with van der Waals surface area (Å²) in [7, 11) is 2.82. The minimum Gasteiger partial charge on any atom is -0.469 e. The lowest BCUT2D eigenvalue weighted by atomic mass is 9.71. The van der Waals surface area contributed by atoms with E-state index >= 15 is 0 Å². The molecule has 4 saturated carbocycles. The summed E-state index contributed by atoms with van der Waals surface area (Å²) >= 11 is 0. The van der Waals surface area contributed by atoms with E-state index in [1.165, 1.54) is 45.3 Å². The van der Waals surface area contributed by atoms with Crippen molar-refractivity contribution < 1.29 is 19.1 Å². The number of methoxy groups -OCH3 is 2. The normalized spacial score (nSPS) is 33.1. The number of hydrogen-bond donors (Lipinski definition) is 0. The largest absolute Gasteiger partial charge is 0.469 e. The first kappa shape index (κ1) is 24.9. The lowest BCUT2D eigenvalue weighted by Crippen LogP contribution is -2.32. The second-order valence-electron chi connectivity index (χ2n) is 10.8. The first-order valence-corrected chi connectivity index (χ1v) is 11.9. The maximum Gasteiger partial charge on any atom is 0.332 e. The fourth-order valence-electron chi connectivity index (χ4n) is 6.35. The molecule has 4 aliphatic carbocycles. The van der Waals surface area contributed by atoms with Crippen molar-refractivity contribution in [2.24, 2.45) is 40.9 Å². The van der Waals surface area contributed by atoms with Crippen LogP contribution in [0.15, 0.2) is 12.2 Å². The fraction of sp³-hybridized carbons (Fsp3) is 0.846. The third-order valence-electron chi connectivity index (χ3n) is 8.19. The summed E-state index contributed by atoms with van der Waals surface area (Å²) in [6.07, 6.45) is 13.0. The van der Waals surface area contributed by atoms with Gasteiger partial charge in [-0.1, -0.05) is 39.2 Å². The molecule has 4 heteroatoms. The minimum atomic E-state index is -0.347. The summed E-state index contributed by atoms with van der Waals surface area (Å²) < 4.78 is 9.17. The molecule has 4 rings (SSSR count). The summed E-state index contributed by atoms with van der Waals surface area (Å²) in [6, 6.07) is 0. The molecule has 0 N–H and O–H groups in total. The summed E-state index contributed by atoms with van der Waals surface area (Å²) in [5.41, 5.74) is 0.125. The van der Waals surface area contributed by atoms with Crippen molar-refractivity contribution in [2.75, 3.05) is 14.2 Å². The van der Waals surface area contributed by atoms with Crippen LogP contribution in [-0.2, 0) is 19.1 Å². The van der Waals surface area contributed by atoms with Crippen LogP contribution in [0.1, 0.15) is 85.5 Å². The van der Waals surface area contributed by atoms with Crippen LogP contribution in [0.5, 0.6) is 0 Å². The SMILES string of the molecule is C1CC2CCC1C2.C=C(C)C(=O)OC.COC(=O)C(C)(C)CC1C2CCC(C2)C1C. The van der Waals surface area contributed by atoms with E-state index < -0.39 is 0 Å². The molecule has 0 amide bonds. The van der Waals surface area contributed by atoms with E-state index in [1.807, 2.05) is 13.8 Å². The zero-order chi connectivity index (χ0) is 22.5. The predicted molar refractivity (Wildman–Crippen MR) is 121 cm³/mol. The van der Waals surface area contributed by atoms with Gasteiger partial charge in [-0.15, -0.1) is 0 Å². The van der Waals surface area contributed by atoms with Gasteiger partial charge < -0.3 is 9.47 Å². The van der Waals surface area contributed by atoms with Crippen molar-refractivity contribution in [3.63, 3.8) is 0 Å². The molecule has 0 spiro atoms. The molecule has 0 aromatic rings. The van der Waals surface area contributed by atoms with Gasteiger partial charge in [-0.05, 0) is 88.4 Å². The Hall–Kier alpha value is -1.32. The van der Waals surface area contributed by atoms with E-state index in [1.54, 1.807) is 39.0 Å². The number of esters is 2. The van der Waals surface area contributed by atoms with Gasteiger partial charge in [0.05, 0.1) is 19.6 Å². The highest BCUT2D eigenvalue weighted by molar-refractivity contribution is 5.86. The third-order valence-corrected chi connectivity index (χ3v) is 8.19. The molecule has 30 heavy (non-hydrogen) atoms. The standard InChI is InChI=1S/C14H24O2.C7H12.C5H8O2/c1-9-10-5-6-11(7-10)12(9)8-14(2,3)13(15)16-4;1-2-7-4-3-6(1)5-7;1-4(2)5(6)7-3/h9-12H,5-8H2,1-4H3;6-7H,1-5H2;1H2,2-3H3. The molecule has 0 heterocycles. The van der Waals surface area contributed by atoms with Gasteiger partial charge in [-0.3, -0.25) is 4.79 Å². The minimum absolute atomic E-state index is 0.0533. The number of hydrogen-bond acceptors (Lipinski definition) is 4. The molecule has 4 atom stereocenters. The van der Waals surface area contributed by atoms with Crippen LogP contribution in [0.25, 0.3) is 0 Å². The Morgan fingerprint density at radius 2 is 1.43 bits per heavy atom. The highest BCUT2D eigenvalue weighted by Crippen LogP contribution is 2.55. The zero-order valence-electron chi connectivity index (χ0n) is 20.2. The molecule has 4 bridgehead atoms. The summed E-state index contributed by atoms with van der Waals surface area (Å²) in [5, 5.41) is 0. The van der Waals surface area contributed by atoms with Crippen molar-refractivity contribution in [1.82, 2.24) is 0 Å². The van der Waals surface area contributed by atoms with Crippen LogP contribution in [0, 0.1) is 40.9 Å². The van der Waals surface area contributed by atoms with E-state index in [9.17, 15) is 9.59 Å². The second kappa shape index (κ2) is 10.8. The van der Waals surface area contributed by atoms with Gasteiger partial charge in [-0.2, -0.15) is 0 Å². The fourth-order valence-corrected chi connectivity index (χ4v) is 6.35. The number of fused-ring (bicyclic) bond motifs is 4. The van der Waals surface area contributed by atoms with Crippen molar-refractivity contribution in [2.45, 2.75) is 85.5 Å². The topological polar surface area (TPSA) is 52.6 Å². The molecule has 0 aliphatic heterocycles. The Labute approximate surface area is 184 Å². The lowest BCUT2D eigenvalue weighted by Gasteiger charge is -2.33. The van der Waals surface area contributed by atoms with Gasteiger partial charge in [0.2, 0.25) is 0 Å². The molecule has 4 fully saturated rings. The van der Waals surface area contributed by atoms with Crippen LogP contribution in [0.4, 0.5) is 0 Å². The molecule has 172 valence electrons. The monoisotopic (exact) mass is 420 g/mol. The Morgan fingerprint density at radius 1 is 0.900 bits per heavy atom. The maximum atomic E-state index is 11.7. The summed E-state index contributed by atoms with van der Waals surface area (Å²) in [6.45, 7) is 11.4. The molecule has 0 radical (unpaired) electrons. The molecule has 0 aromatic heterocycles. The molecule has 4 unspecified atom stereocenters. The number of ether oxygens (including phenoxy) is 2. The van der Waals surface area contributed by atoms with E-state index in [-0.39, 0.29) is 17.4 Å². The first-order valence-electron chi connectivity index (χ1n) is 11.9. The Kier molecular flexibility index (Phi) is 8.99. The van der Waals surface area contributed by atoms with E-state index in [4.69, 9.17) is 4.74 Å². The summed E-state index contributed by atoms with van der Waals surface area (Å²) in [4.78, 5) is 21.9. The van der Waals surface area contributed by atoms with Crippen molar-refractivity contribution in [3.05, 3.63) is 12.2 Å². The van der Waals surface area contributed by atoms with Gasteiger partial charge in [-0.25, -0.2) is 4.79 Å². The van der Waals surface area contributed by atoms with Crippen molar-refractivity contribution in [3.8, 4) is 0 Å². The van der Waals surface area contributed by atoms with Crippen LogP contribution in [-0.4, -0.2) is 26.2 Å². The van der Waals surface area contributed by atoms with Gasteiger partial charge in [0.1, 0.15) is 0 Å². The molecular weight excluding hydrogens is 376 g/mol. The van der Waals surface area contributed by atoms with Gasteiger partial charge in [0, 0.05) is 5.57 Å². The zero-order valence-corrected chi connectivity index (χ0v) is 20.2. The maximum absolute atomic E-state index is 11.7. The van der Waals surface area contributed by atoms with Crippen LogP contribution >= 0.6 is 0 Å². The molecule has 0 aromatic carbocycles. The average molecular weight is 421 g/mol. The molecule has 4 aliphatic rings. The van der Waals surface area contributed by atoms with E-state index in [0.717, 1.165) is 30.1 Å². The third kappa shape index (κ3) is 6.34. The quantitative estimate of drug-likeness (QED) is 0.402. The van der Waals surface area contributed by atoms with Gasteiger partial charge >= 0.3 is 11.9 Å².